The highest BCUT2D eigenvalue weighted by atomic mass is 35.5. The predicted molar refractivity (Wildman–Crippen MR) is 66.9 cm³/mol. The third kappa shape index (κ3) is 2.40. The van der Waals surface area contributed by atoms with Crippen LogP contribution in [0.4, 0.5) is 0 Å². The molecule has 2 N–H and O–H groups in total. The number of aryl methyl sites for hydroxylation is 1. The minimum Gasteiger partial charge on any atom is -0.394 e. The topological polar surface area (TPSA) is 32.3 Å². The molecule has 0 aromatic heterocycles. The Labute approximate surface area is 102 Å². The van der Waals surface area contributed by atoms with Crippen LogP contribution in [0.2, 0.25) is 5.02 Å². The van der Waals surface area contributed by atoms with Gasteiger partial charge in [-0.15, -0.1) is 0 Å². The van der Waals surface area contributed by atoms with E-state index in [1.165, 1.54) is 5.56 Å². The summed E-state index contributed by atoms with van der Waals surface area (Å²) in [5.41, 5.74) is 2.14. The Kier molecular flexibility index (Phi) is 3.53. The second kappa shape index (κ2) is 4.74. The molecule has 0 saturated carbocycles. The summed E-state index contributed by atoms with van der Waals surface area (Å²) >= 11 is 6.22. The molecule has 88 valence electrons. The largest absolute Gasteiger partial charge is 0.394 e. The molecule has 0 amide bonds. The van der Waals surface area contributed by atoms with Gasteiger partial charge in [-0.1, -0.05) is 23.7 Å². The number of hydrogen-bond acceptors (Lipinski definition) is 2. The quantitative estimate of drug-likeness (QED) is 0.849. The third-order valence-corrected chi connectivity index (χ3v) is 3.72. The Morgan fingerprint density at radius 3 is 2.88 bits per heavy atom. The van der Waals surface area contributed by atoms with Crippen molar-refractivity contribution in [2.24, 2.45) is 0 Å². The monoisotopic (exact) mass is 239 g/mol. The zero-order chi connectivity index (χ0) is 11.6. The molecule has 2 nitrogen and oxygen atoms in total. The minimum atomic E-state index is -0.154. The number of rotatable bonds is 3. The maximum atomic E-state index is 9.52. The van der Waals surface area contributed by atoms with Crippen LogP contribution in [-0.4, -0.2) is 23.8 Å². The lowest BCUT2D eigenvalue weighted by molar-refractivity contribution is 0.177. The summed E-state index contributed by atoms with van der Waals surface area (Å²) in [6.45, 7) is 3.20. The van der Waals surface area contributed by atoms with Crippen LogP contribution < -0.4 is 5.32 Å². The van der Waals surface area contributed by atoms with E-state index in [-0.39, 0.29) is 12.1 Å². The smallest absolute Gasteiger partial charge is 0.0616 e. The maximum Gasteiger partial charge on any atom is 0.0616 e. The summed E-state index contributed by atoms with van der Waals surface area (Å²) < 4.78 is 0. The molecule has 0 aliphatic carbocycles. The van der Waals surface area contributed by atoms with Crippen molar-refractivity contribution in [2.75, 3.05) is 13.2 Å². The maximum absolute atomic E-state index is 9.52. The molecule has 1 heterocycles. The van der Waals surface area contributed by atoms with E-state index in [0.29, 0.717) is 0 Å². The van der Waals surface area contributed by atoms with Gasteiger partial charge in [0.2, 0.25) is 0 Å². The first-order chi connectivity index (χ1) is 7.65. The van der Waals surface area contributed by atoms with Gasteiger partial charge in [-0.25, -0.2) is 0 Å². The molecule has 16 heavy (non-hydrogen) atoms. The van der Waals surface area contributed by atoms with Crippen molar-refractivity contribution in [3.05, 3.63) is 34.3 Å². The fraction of sp³-hybridized carbons (Fsp3) is 0.538. The molecular formula is C13H18ClNO. The Balaban J connectivity index is 2.19. The Bertz CT molecular complexity index is 372. The molecule has 1 aromatic carbocycles. The molecule has 1 atom stereocenters. The van der Waals surface area contributed by atoms with Gasteiger partial charge in [0.1, 0.15) is 0 Å². The van der Waals surface area contributed by atoms with E-state index in [0.717, 1.165) is 36.4 Å². The van der Waals surface area contributed by atoms with Gasteiger partial charge < -0.3 is 10.4 Å². The van der Waals surface area contributed by atoms with Gasteiger partial charge in [-0.2, -0.15) is 0 Å². The van der Waals surface area contributed by atoms with Crippen molar-refractivity contribution < 1.29 is 5.11 Å². The number of nitrogens with one attached hydrogen (secondary N) is 1. The predicted octanol–water partition coefficient (Wildman–Crippen LogP) is 2.31. The highest BCUT2D eigenvalue weighted by molar-refractivity contribution is 6.31. The number of benzene rings is 1. The van der Waals surface area contributed by atoms with E-state index in [1.54, 1.807) is 0 Å². The lowest BCUT2D eigenvalue weighted by Gasteiger charge is -2.27. The van der Waals surface area contributed by atoms with E-state index in [9.17, 15) is 5.11 Å². The fourth-order valence-corrected chi connectivity index (χ4v) is 2.67. The van der Waals surface area contributed by atoms with Crippen LogP contribution in [0.3, 0.4) is 0 Å². The lowest BCUT2D eigenvalue weighted by atomic mass is 9.90. The molecule has 1 aromatic rings. The van der Waals surface area contributed by atoms with Gasteiger partial charge in [-0.05, 0) is 49.9 Å². The number of aliphatic hydroxyl groups excluding tert-OH is 1. The zero-order valence-electron chi connectivity index (χ0n) is 9.59. The molecule has 0 radical (unpaired) electrons. The van der Waals surface area contributed by atoms with Crippen LogP contribution >= 0.6 is 11.6 Å². The molecule has 3 heteroatoms. The molecule has 1 saturated heterocycles. The molecule has 1 aliphatic heterocycles. The summed E-state index contributed by atoms with van der Waals surface area (Å²) in [5, 5.41) is 13.7. The van der Waals surface area contributed by atoms with Crippen molar-refractivity contribution in [2.45, 2.75) is 31.7 Å². The Morgan fingerprint density at radius 2 is 2.31 bits per heavy atom. The summed E-state index contributed by atoms with van der Waals surface area (Å²) in [4.78, 5) is 0. The number of halogens is 1. The van der Waals surface area contributed by atoms with E-state index >= 15 is 0 Å². The highest BCUT2D eigenvalue weighted by Crippen LogP contribution is 2.27. The summed E-state index contributed by atoms with van der Waals surface area (Å²) in [6, 6.07) is 6.12. The Morgan fingerprint density at radius 1 is 1.50 bits per heavy atom. The van der Waals surface area contributed by atoms with Crippen molar-refractivity contribution >= 4 is 11.6 Å². The molecule has 1 fully saturated rings. The first-order valence-electron chi connectivity index (χ1n) is 5.76. The van der Waals surface area contributed by atoms with Crippen LogP contribution in [0.5, 0.6) is 0 Å². The highest BCUT2D eigenvalue weighted by Gasteiger charge is 2.33. The average Bonchev–Trinajstić information content (AvgIpc) is 2.72. The van der Waals surface area contributed by atoms with E-state index in [2.05, 4.69) is 17.4 Å². The number of aliphatic hydroxyl groups is 1. The molecule has 1 unspecified atom stereocenters. The van der Waals surface area contributed by atoms with E-state index in [1.807, 2.05) is 13.0 Å². The van der Waals surface area contributed by atoms with Gasteiger partial charge in [0.05, 0.1) is 6.61 Å². The summed E-state index contributed by atoms with van der Waals surface area (Å²) in [7, 11) is 0. The standard InChI is InChI=1S/C13H18ClNO/c1-10-3-4-11(12(14)7-10)8-13(9-16)5-2-6-15-13/h3-4,7,15-16H,2,5-6,8-9H2,1H3. The molecule has 0 spiro atoms. The van der Waals surface area contributed by atoms with Crippen molar-refractivity contribution in [1.29, 1.82) is 0 Å². The first kappa shape index (κ1) is 11.9. The molecule has 0 bridgehead atoms. The third-order valence-electron chi connectivity index (χ3n) is 3.37. The number of hydrogen-bond donors (Lipinski definition) is 2. The lowest BCUT2D eigenvalue weighted by Crippen LogP contribution is -2.45. The van der Waals surface area contributed by atoms with E-state index in [4.69, 9.17) is 11.6 Å². The molecule has 2 rings (SSSR count). The second-order valence-corrected chi connectivity index (χ2v) is 5.15. The van der Waals surface area contributed by atoms with Crippen LogP contribution in [0.25, 0.3) is 0 Å². The van der Waals surface area contributed by atoms with Gasteiger partial charge in [0.25, 0.3) is 0 Å². The van der Waals surface area contributed by atoms with Gasteiger partial charge in [-0.3, -0.25) is 0 Å². The fourth-order valence-electron chi connectivity index (χ4n) is 2.37. The summed E-state index contributed by atoms with van der Waals surface area (Å²) in [5.74, 6) is 0. The van der Waals surface area contributed by atoms with Crippen LogP contribution in [0, 0.1) is 6.92 Å². The Hall–Kier alpha value is -0.570. The van der Waals surface area contributed by atoms with Crippen LogP contribution in [0.1, 0.15) is 24.0 Å². The van der Waals surface area contributed by atoms with Gasteiger partial charge in [0.15, 0.2) is 0 Å². The SMILES string of the molecule is Cc1ccc(CC2(CO)CCCN2)c(Cl)c1. The van der Waals surface area contributed by atoms with Crippen LogP contribution in [0.15, 0.2) is 18.2 Å². The zero-order valence-corrected chi connectivity index (χ0v) is 10.3. The molecular weight excluding hydrogens is 222 g/mol. The normalized spacial score (nSPS) is 24.9. The minimum absolute atomic E-state index is 0.154. The van der Waals surface area contributed by atoms with Crippen molar-refractivity contribution in [3.8, 4) is 0 Å². The van der Waals surface area contributed by atoms with Gasteiger partial charge in [0, 0.05) is 10.6 Å². The van der Waals surface area contributed by atoms with Crippen molar-refractivity contribution in [3.63, 3.8) is 0 Å². The van der Waals surface area contributed by atoms with Crippen LogP contribution in [-0.2, 0) is 6.42 Å². The summed E-state index contributed by atoms with van der Waals surface area (Å²) in [6.07, 6.45) is 2.96. The average molecular weight is 240 g/mol. The van der Waals surface area contributed by atoms with Crippen molar-refractivity contribution in [1.82, 2.24) is 5.32 Å². The second-order valence-electron chi connectivity index (χ2n) is 4.74. The first-order valence-corrected chi connectivity index (χ1v) is 6.14. The van der Waals surface area contributed by atoms with E-state index < -0.39 is 0 Å². The molecule has 1 aliphatic rings. The van der Waals surface area contributed by atoms with Gasteiger partial charge >= 0.3 is 0 Å².